The van der Waals surface area contributed by atoms with E-state index in [1.807, 2.05) is 18.7 Å². The van der Waals surface area contributed by atoms with Crippen LogP contribution >= 0.6 is 11.3 Å². The first-order valence-electron chi connectivity index (χ1n) is 5.94. The van der Waals surface area contributed by atoms with Crippen molar-refractivity contribution in [2.24, 2.45) is 13.0 Å². The molecule has 94 valence electrons. The Labute approximate surface area is 106 Å². The van der Waals surface area contributed by atoms with Crippen LogP contribution in [0.2, 0.25) is 0 Å². The van der Waals surface area contributed by atoms with Crippen LogP contribution in [0.25, 0.3) is 10.3 Å². The average Bonchev–Trinajstić information content (AvgIpc) is 2.80. The van der Waals surface area contributed by atoms with Gasteiger partial charge in [0.2, 0.25) is 0 Å². The van der Waals surface area contributed by atoms with Crippen LogP contribution in [-0.4, -0.2) is 27.9 Å². The van der Waals surface area contributed by atoms with Crippen molar-refractivity contribution < 1.29 is 0 Å². The number of anilines is 1. The van der Waals surface area contributed by atoms with Crippen molar-refractivity contribution in [3.05, 3.63) is 5.69 Å². The van der Waals surface area contributed by atoms with Crippen LogP contribution in [0.5, 0.6) is 0 Å². The lowest BCUT2D eigenvalue weighted by molar-refractivity contribution is 0.505. The maximum Gasteiger partial charge on any atom is 0.188 e. The zero-order valence-corrected chi connectivity index (χ0v) is 12.2. The number of rotatable bonds is 3. The molecule has 0 aliphatic carbocycles. The number of aromatic nitrogens is 3. The molecule has 0 fully saturated rings. The molecule has 0 spiro atoms. The monoisotopic (exact) mass is 252 g/mol. The normalized spacial score (nSPS) is 13.6. The molecule has 0 amide bonds. The highest BCUT2D eigenvalue weighted by Gasteiger charge is 2.19. The van der Waals surface area contributed by atoms with Crippen LogP contribution in [-0.2, 0) is 7.05 Å². The Morgan fingerprint density at radius 2 is 1.94 bits per heavy atom. The van der Waals surface area contributed by atoms with Gasteiger partial charge in [0.1, 0.15) is 0 Å². The van der Waals surface area contributed by atoms with E-state index < -0.39 is 0 Å². The Morgan fingerprint density at radius 3 is 2.47 bits per heavy atom. The molecule has 2 aromatic rings. The molecule has 4 nitrogen and oxygen atoms in total. The van der Waals surface area contributed by atoms with Crippen LogP contribution in [0.4, 0.5) is 5.13 Å². The van der Waals surface area contributed by atoms with Crippen molar-refractivity contribution in [2.45, 2.75) is 33.7 Å². The van der Waals surface area contributed by atoms with Gasteiger partial charge in [-0.1, -0.05) is 25.2 Å². The van der Waals surface area contributed by atoms with E-state index in [-0.39, 0.29) is 0 Å². The van der Waals surface area contributed by atoms with Crippen molar-refractivity contribution in [2.75, 3.05) is 11.9 Å². The maximum absolute atomic E-state index is 4.68. The number of hydrogen-bond donors (Lipinski definition) is 0. The fourth-order valence-electron chi connectivity index (χ4n) is 1.85. The lowest BCUT2D eigenvalue weighted by Gasteiger charge is -2.27. The fourth-order valence-corrected chi connectivity index (χ4v) is 2.93. The van der Waals surface area contributed by atoms with Gasteiger partial charge in [0.25, 0.3) is 0 Å². The smallest absolute Gasteiger partial charge is 0.188 e. The number of nitrogens with zero attached hydrogens (tertiary/aromatic N) is 4. The molecule has 17 heavy (non-hydrogen) atoms. The number of fused-ring (bicyclic) bond motifs is 1. The SMILES string of the molecule is Cc1nn(C)c2nc(N(C)C(C)C(C)C)sc12. The number of aryl methyl sites for hydroxylation is 2. The van der Waals surface area contributed by atoms with Gasteiger partial charge in [-0.2, -0.15) is 5.10 Å². The van der Waals surface area contributed by atoms with E-state index >= 15 is 0 Å². The fraction of sp³-hybridized carbons (Fsp3) is 0.667. The lowest BCUT2D eigenvalue weighted by Crippen LogP contribution is -2.32. The van der Waals surface area contributed by atoms with Gasteiger partial charge in [-0.05, 0) is 19.8 Å². The third kappa shape index (κ3) is 2.04. The predicted molar refractivity (Wildman–Crippen MR) is 73.8 cm³/mol. The van der Waals surface area contributed by atoms with Gasteiger partial charge >= 0.3 is 0 Å². The summed E-state index contributed by atoms with van der Waals surface area (Å²) in [5.74, 6) is 0.617. The Balaban J connectivity index is 2.40. The average molecular weight is 252 g/mol. The Hall–Kier alpha value is -1.10. The van der Waals surface area contributed by atoms with E-state index in [4.69, 9.17) is 0 Å². The molecule has 0 saturated heterocycles. The first-order chi connectivity index (χ1) is 7.91. The summed E-state index contributed by atoms with van der Waals surface area (Å²) in [6, 6.07) is 0.490. The zero-order valence-electron chi connectivity index (χ0n) is 11.4. The minimum atomic E-state index is 0.490. The van der Waals surface area contributed by atoms with Gasteiger partial charge in [0, 0.05) is 20.1 Å². The van der Waals surface area contributed by atoms with Crippen molar-refractivity contribution in [3.8, 4) is 0 Å². The summed E-state index contributed by atoms with van der Waals surface area (Å²) in [6.45, 7) is 8.75. The molecule has 0 bridgehead atoms. The second-order valence-corrected chi connectivity index (χ2v) is 5.93. The van der Waals surface area contributed by atoms with E-state index in [0.717, 1.165) is 16.5 Å². The topological polar surface area (TPSA) is 34.0 Å². The highest BCUT2D eigenvalue weighted by Crippen LogP contribution is 2.31. The molecule has 0 radical (unpaired) electrons. The molecule has 2 aromatic heterocycles. The molecule has 2 rings (SSSR count). The minimum Gasteiger partial charge on any atom is -0.348 e. The molecular weight excluding hydrogens is 232 g/mol. The number of thiazole rings is 1. The first kappa shape index (κ1) is 12.4. The summed E-state index contributed by atoms with van der Waals surface area (Å²) in [6.07, 6.45) is 0. The molecular formula is C12H20N4S. The molecule has 5 heteroatoms. The predicted octanol–water partition coefficient (Wildman–Crippen LogP) is 2.82. The van der Waals surface area contributed by atoms with Crippen LogP contribution in [0.1, 0.15) is 26.5 Å². The Kier molecular flexibility index (Phi) is 3.12. The minimum absolute atomic E-state index is 0.490. The third-order valence-corrected chi connectivity index (χ3v) is 4.65. The highest BCUT2D eigenvalue weighted by atomic mass is 32.1. The molecule has 0 saturated carbocycles. The van der Waals surface area contributed by atoms with Crippen molar-refractivity contribution in [1.29, 1.82) is 0 Å². The first-order valence-corrected chi connectivity index (χ1v) is 6.76. The van der Waals surface area contributed by atoms with Gasteiger partial charge in [-0.15, -0.1) is 0 Å². The maximum atomic E-state index is 4.68. The van der Waals surface area contributed by atoms with Gasteiger partial charge in [-0.3, -0.25) is 0 Å². The quantitative estimate of drug-likeness (QED) is 0.842. The van der Waals surface area contributed by atoms with Crippen LogP contribution in [0.3, 0.4) is 0 Å². The summed E-state index contributed by atoms with van der Waals surface area (Å²) in [4.78, 5) is 6.94. The van der Waals surface area contributed by atoms with Gasteiger partial charge in [0.15, 0.2) is 10.8 Å². The van der Waals surface area contributed by atoms with Crippen molar-refractivity contribution in [1.82, 2.24) is 14.8 Å². The van der Waals surface area contributed by atoms with E-state index in [2.05, 4.69) is 42.8 Å². The lowest BCUT2D eigenvalue weighted by atomic mass is 10.1. The van der Waals surface area contributed by atoms with E-state index in [1.165, 1.54) is 4.70 Å². The molecule has 0 aliphatic rings. The van der Waals surface area contributed by atoms with E-state index in [0.29, 0.717) is 12.0 Å². The molecule has 2 heterocycles. The number of hydrogen-bond acceptors (Lipinski definition) is 4. The van der Waals surface area contributed by atoms with Gasteiger partial charge in [-0.25, -0.2) is 9.67 Å². The van der Waals surface area contributed by atoms with Gasteiger partial charge in [0.05, 0.1) is 10.4 Å². The zero-order chi connectivity index (χ0) is 12.7. The molecule has 0 aliphatic heterocycles. The standard InChI is InChI=1S/C12H20N4S/c1-7(2)9(4)15(5)12-13-11-10(17-12)8(3)14-16(11)6/h7,9H,1-6H3. The molecule has 0 aromatic carbocycles. The Bertz CT molecular complexity index is 491. The van der Waals surface area contributed by atoms with Crippen LogP contribution in [0.15, 0.2) is 0 Å². The van der Waals surface area contributed by atoms with Crippen molar-refractivity contribution >= 4 is 26.8 Å². The third-order valence-electron chi connectivity index (χ3n) is 3.41. The summed E-state index contributed by atoms with van der Waals surface area (Å²) in [5.41, 5.74) is 2.06. The largest absolute Gasteiger partial charge is 0.348 e. The van der Waals surface area contributed by atoms with Crippen LogP contribution < -0.4 is 4.90 Å². The molecule has 1 unspecified atom stereocenters. The summed E-state index contributed by atoms with van der Waals surface area (Å²) < 4.78 is 3.06. The molecule has 0 N–H and O–H groups in total. The highest BCUT2D eigenvalue weighted by molar-refractivity contribution is 7.22. The summed E-state index contributed by atoms with van der Waals surface area (Å²) in [7, 11) is 4.07. The summed E-state index contributed by atoms with van der Waals surface area (Å²) in [5, 5.41) is 5.46. The van der Waals surface area contributed by atoms with E-state index in [9.17, 15) is 0 Å². The summed E-state index contributed by atoms with van der Waals surface area (Å²) >= 11 is 1.73. The second-order valence-electron chi connectivity index (χ2n) is 4.95. The van der Waals surface area contributed by atoms with Crippen molar-refractivity contribution in [3.63, 3.8) is 0 Å². The van der Waals surface area contributed by atoms with Crippen LogP contribution in [0, 0.1) is 12.8 Å². The second kappa shape index (κ2) is 4.29. The van der Waals surface area contributed by atoms with E-state index in [1.54, 1.807) is 11.3 Å². The molecule has 1 atom stereocenters. The van der Waals surface area contributed by atoms with Gasteiger partial charge < -0.3 is 4.90 Å². The Morgan fingerprint density at radius 1 is 1.29 bits per heavy atom.